The lowest BCUT2D eigenvalue weighted by atomic mass is 10.2. The molecular formula is C24H20Br2ClN3O4. The van der Waals surface area contributed by atoms with Crippen molar-refractivity contribution in [2.45, 2.75) is 6.42 Å². The predicted molar refractivity (Wildman–Crippen MR) is 138 cm³/mol. The summed E-state index contributed by atoms with van der Waals surface area (Å²) in [4.78, 5) is 36.6. The lowest BCUT2D eigenvalue weighted by molar-refractivity contribution is -0.136. The van der Waals surface area contributed by atoms with Crippen molar-refractivity contribution >= 4 is 66.9 Å². The van der Waals surface area contributed by atoms with E-state index < -0.39 is 11.8 Å². The van der Waals surface area contributed by atoms with Gasteiger partial charge in [0.15, 0.2) is 5.75 Å². The highest BCUT2D eigenvalue weighted by molar-refractivity contribution is 9.10. The second kappa shape index (κ2) is 12.5. The summed E-state index contributed by atoms with van der Waals surface area (Å²) in [7, 11) is 0. The van der Waals surface area contributed by atoms with E-state index in [0.717, 1.165) is 8.95 Å². The van der Waals surface area contributed by atoms with E-state index in [0.29, 0.717) is 35.1 Å². The maximum atomic E-state index is 12.4. The summed E-state index contributed by atoms with van der Waals surface area (Å²) >= 11 is 12.7. The van der Waals surface area contributed by atoms with Crippen LogP contribution < -0.4 is 20.7 Å². The van der Waals surface area contributed by atoms with Crippen molar-refractivity contribution in [2.75, 3.05) is 18.4 Å². The molecule has 10 heteroatoms. The van der Waals surface area contributed by atoms with Gasteiger partial charge in [-0.2, -0.15) is 0 Å². The fourth-order valence-corrected chi connectivity index (χ4v) is 3.62. The molecule has 0 aromatic heterocycles. The van der Waals surface area contributed by atoms with Crippen LogP contribution in [0, 0.1) is 0 Å². The van der Waals surface area contributed by atoms with Crippen LogP contribution in [-0.2, 0) is 9.59 Å². The van der Waals surface area contributed by atoms with E-state index >= 15 is 0 Å². The highest BCUT2D eigenvalue weighted by Gasteiger charge is 2.16. The predicted octanol–water partition coefficient (Wildman–Crippen LogP) is 5.53. The number of nitrogens with one attached hydrogen (secondary N) is 3. The molecule has 3 aromatic rings. The van der Waals surface area contributed by atoms with Gasteiger partial charge in [0, 0.05) is 32.6 Å². The van der Waals surface area contributed by atoms with Gasteiger partial charge in [-0.3, -0.25) is 14.4 Å². The molecule has 0 atom stereocenters. The molecule has 0 spiro atoms. The number of ether oxygens (including phenoxy) is 1. The van der Waals surface area contributed by atoms with Crippen LogP contribution in [0.4, 0.5) is 5.69 Å². The van der Waals surface area contributed by atoms with Crippen LogP contribution in [0.1, 0.15) is 16.8 Å². The number of carbonyl (C=O) groups is 3. The first-order chi connectivity index (χ1) is 16.3. The van der Waals surface area contributed by atoms with Gasteiger partial charge in [0.25, 0.3) is 5.91 Å². The fraction of sp³-hybridized carbons (Fsp3) is 0.125. The first-order valence-electron chi connectivity index (χ1n) is 10.2. The molecular weight excluding hydrogens is 590 g/mol. The average molecular weight is 610 g/mol. The Morgan fingerprint density at radius 2 is 1.56 bits per heavy atom. The van der Waals surface area contributed by atoms with Gasteiger partial charge in [0.1, 0.15) is 5.75 Å². The molecule has 0 unspecified atom stereocenters. The topological polar surface area (TPSA) is 96.5 Å². The Balaban J connectivity index is 1.47. The molecule has 0 aliphatic rings. The number of benzene rings is 3. The Bertz CT molecular complexity index is 1190. The summed E-state index contributed by atoms with van der Waals surface area (Å²) < 4.78 is 7.54. The van der Waals surface area contributed by atoms with Crippen molar-refractivity contribution < 1.29 is 19.1 Å². The van der Waals surface area contributed by atoms with E-state index in [2.05, 4.69) is 47.8 Å². The van der Waals surface area contributed by atoms with Gasteiger partial charge in [-0.25, -0.2) is 0 Å². The molecule has 3 rings (SSSR count). The minimum atomic E-state index is -0.861. The highest BCUT2D eigenvalue weighted by atomic mass is 79.9. The molecule has 0 radical (unpaired) electrons. The van der Waals surface area contributed by atoms with Gasteiger partial charge in [-0.05, 0) is 67.1 Å². The van der Waals surface area contributed by atoms with Crippen LogP contribution in [0.5, 0.6) is 11.5 Å². The van der Waals surface area contributed by atoms with Gasteiger partial charge in [-0.1, -0.05) is 49.5 Å². The largest absolute Gasteiger partial charge is 0.455 e. The van der Waals surface area contributed by atoms with Crippen LogP contribution in [0.3, 0.4) is 0 Å². The molecule has 0 aliphatic carbocycles. The summed E-state index contributed by atoms with van der Waals surface area (Å²) in [6.45, 7) is 0.555. The number of rotatable bonds is 8. The Morgan fingerprint density at radius 3 is 2.29 bits per heavy atom. The molecule has 0 heterocycles. The number of halogens is 3. The summed E-state index contributed by atoms with van der Waals surface area (Å²) in [5.41, 5.74) is 0.795. The summed E-state index contributed by atoms with van der Waals surface area (Å²) in [5.74, 6) is -1.01. The maximum absolute atomic E-state index is 12.4. The van der Waals surface area contributed by atoms with Gasteiger partial charge >= 0.3 is 11.8 Å². The molecule has 7 nitrogen and oxygen atoms in total. The Hall–Kier alpha value is -2.88. The molecule has 176 valence electrons. The third-order valence-corrected chi connectivity index (χ3v) is 5.71. The third kappa shape index (κ3) is 7.86. The van der Waals surface area contributed by atoms with Crippen molar-refractivity contribution in [2.24, 2.45) is 0 Å². The molecule has 0 fully saturated rings. The van der Waals surface area contributed by atoms with E-state index in [9.17, 15) is 14.4 Å². The number of amides is 3. The third-order valence-electron chi connectivity index (χ3n) is 4.45. The molecule has 0 saturated heterocycles. The average Bonchev–Trinajstić information content (AvgIpc) is 2.80. The summed E-state index contributed by atoms with van der Waals surface area (Å²) in [6, 6.07) is 18.9. The minimum absolute atomic E-state index is 0.212. The monoisotopic (exact) mass is 607 g/mol. The SMILES string of the molecule is O=C(NCCCNC(=O)c1ccc(Br)cc1)C(=O)Nc1cc(Cl)ccc1Oc1cccc(Br)c1. The van der Waals surface area contributed by atoms with Crippen molar-refractivity contribution in [3.8, 4) is 11.5 Å². The van der Waals surface area contributed by atoms with Crippen LogP contribution in [0.2, 0.25) is 5.02 Å². The second-order valence-electron chi connectivity index (χ2n) is 7.03. The number of carbonyl (C=O) groups excluding carboxylic acids is 3. The molecule has 0 aliphatic heterocycles. The van der Waals surface area contributed by atoms with E-state index in [1.807, 2.05) is 12.1 Å². The highest BCUT2D eigenvalue weighted by Crippen LogP contribution is 2.33. The van der Waals surface area contributed by atoms with Crippen LogP contribution in [-0.4, -0.2) is 30.8 Å². The van der Waals surface area contributed by atoms with Crippen molar-refractivity contribution in [1.82, 2.24) is 10.6 Å². The Labute approximate surface area is 218 Å². The van der Waals surface area contributed by atoms with Crippen LogP contribution in [0.15, 0.2) is 75.7 Å². The van der Waals surface area contributed by atoms with Crippen molar-refractivity contribution in [3.63, 3.8) is 0 Å². The Morgan fingerprint density at radius 1 is 0.824 bits per heavy atom. The standard InChI is InChI=1S/C24H20Br2ClN3O4/c25-16-7-5-15(6-8-16)22(31)28-11-2-12-29-23(32)24(33)30-20-14-18(27)9-10-21(20)34-19-4-1-3-17(26)13-19/h1,3-10,13-14H,2,11-12H2,(H,28,31)(H,29,32)(H,30,33). The smallest absolute Gasteiger partial charge is 0.313 e. The molecule has 3 amide bonds. The molecule has 3 aromatic carbocycles. The fourth-order valence-electron chi connectivity index (χ4n) is 2.80. The van der Waals surface area contributed by atoms with Gasteiger partial charge < -0.3 is 20.7 Å². The van der Waals surface area contributed by atoms with Crippen LogP contribution >= 0.6 is 43.5 Å². The second-order valence-corrected chi connectivity index (χ2v) is 9.29. The molecule has 0 saturated carbocycles. The molecule has 0 bridgehead atoms. The zero-order chi connectivity index (χ0) is 24.5. The summed E-state index contributed by atoms with van der Waals surface area (Å²) in [5, 5.41) is 8.19. The van der Waals surface area contributed by atoms with Crippen LogP contribution in [0.25, 0.3) is 0 Å². The zero-order valence-electron chi connectivity index (χ0n) is 17.7. The Kier molecular flexibility index (Phi) is 9.50. The lowest BCUT2D eigenvalue weighted by Crippen LogP contribution is -2.37. The first kappa shape index (κ1) is 25.7. The van der Waals surface area contributed by atoms with Gasteiger partial charge in [-0.15, -0.1) is 0 Å². The van der Waals surface area contributed by atoms with E-state index in [4.69, 9.17) is 16.3 Å². The normalized spacial score (nSPS) is 10.3. The van der Waals surface area contributed by atoms with E-state index in [1.54, 1.807) is 48.5 Å². The lowest BCUT2D eigenvalue weighted by Gasteiger charge is -2.13. The van der Waals surface area contributed by atoms with Crippen molar-refractivity contribution in [3.05, 3.63) is 86.3 Å². The van der Waals surface area contributed by atoms with Crippen molar-refractivity contribution in [1.29, 1.82) is 0 Å². The number of hydrogen-bond donors (Lipinski definition) is 3. The number of anilines is 1. The van der Waals surface area contributed by atoms with Gasteiger partial charge in [0.05, 0.1) is 5.69 Å². The molecule has 34 heavy (non-hydrogen) atoms. The quantitative estimate of drug-likeness (QED) is 0.231. The van der Waals surface area contributed by atoms with E-state index in [-0.39, 0.29) is 18.1 Å². The minimum Gasteiger partial charge on any atom is -0.455 e. The maximum Gasteiger partial charge on any atom is 0.313 e. The zero-order valence-corrected chi connectivity index (χ0v) is 21.7. The van der Waals surface area contributed by atoms with Gasteiger partial charge in [0.2, 0.25) is 0 Å². The number of hydrogen-bond acceptors (Lipinski definition) is 4. The first-order valence-corrected chi connectivity index (χ1v) is 12.1. The molecule has 3 N–H and O–H groups in total. The van der Waals surface area contributed by atoms with E-state index in [1.165, 1.54) is 6.07 Å². The summed E-state index contributed by atoms with van der Waals surface area (Å²) in [6.07, 6.45) is 0.454.